The van der Waals surface area contributed by atoms with Gasteiger partial charge in [0.2, 0.25) is 0 Å². The minimum Gasteiger partial charge on any atom is -0.478 e. The van der Waals surface area contributed by atoms with E-state index in [-0.39, 0.29) is 5.56 Å². The quantitative estimate of drug-likeness (QED) is 0.349. The van der Waals surface area contributed by atoms with E-state index in [1.807, 2.05) is 79.8 Å². The lowest BCUT2D eigenvalue weighted by Gasteiger charge is -2.43. The molecule has 0 unspecified atom stereocenters. The van der Waals surface area contributed by atoms with Crippen molar-refractivity contribution in [3.63, 3.8) is 0 Å². The first-order valence-corrected chi connectivity index (χ1v) is 12.1. The standard InChI is InChI=1S/C29H29N3O4/c1-28(2,3)36-27(35)31-29(16-7-17-29)22-13-10-19(11-14-22)24-25(20-8-5-4-6-9-20)32-18-21(26(33)34)12-15-23(32)30-24/h4-6,8-15,18H,7,16-17H2,1-3H3,(H,31,35)(H,33,34). The smallest absolute Gasteiger partial charge is 0.408 e. The van der Waals surface area contributed by atoms with E-state index in [0.29, 0.717) is 5.65 Å². The van der Waals surface area contributed by atoms with Crippen LogP contribution in [0, 0.1) is 0 Å². The van der Waals surface area contributed by atoms with Crippen LogP contribution >= 0.6 is 0 Å². The zero-order chi connectivity index (χ0) is 25.5. The van der Waals surface area contributed by atoms with Gasteiger partial charge in [-0.3, -0.25) is 4.40 Å². The average molecular weight is 484 g/mol. The van der Waals surface area contributed by atoms with E-state index in [1.54, 1.807) is 18.3 Å². The number of imidazole rings is 1. The number of pyridine rings is 1. The highest BCUT2D eigenvalue weighted by Gasteiger charge is 2.41. The molecule has 2 aromatic carbocycles. The number of rotatable bonds is 5. The molecule has 2 aromatic heterocycles. The van der Waals surface area contributed by atoms with Crippen LogP contribution in [0.1, 0.15) is 56.0 Å². The van der Waals surface area contributed by atoms with Gasteiger partial charge >= 0.3 is 12.1 Å². The monoisotopic (exact) mass is 483 g/mol. The summed E-state index contributed by atoms with van der Waals surface area (Å²) < 4.78 is 7.34. The highest BCUT2D eigenvalue weighted by molar-refractivity contribution is 5.89. The van der Waals surface area contributed by atoms with Crippen LogP contribution < -0.4 is 5.32 Å². The highest BCUT2D eigenvalue weighted by Crippen LogP contribution is 2.42. The fourth-order valence-electron chi connectivity index (χ4n) is 4.71. The van der Waals surface area contributed by atoms with Crippen LogP contribution in [0.15, 0.2) is 72.9 Å². The van der Waals surface area contributed by atoms with Gasteiger partial charge in [-0.15, -0.1) is 0 Å². The SMILES string of the molecule is CC(C)(C)OC(=O)NC1(c2ccc(-c3nc4ccc(C(=O)O)cn4c3-c3ccccc3)cc2)CCC1. The molecule has 0 radical (unpaired) electrons. The highest BCUT2D eigenvalue weighted by atomic mass is 16.6. The topological polar surface area (TPSA) is 92.9 Å². The first-order chi connectivity index (χ1) is 17.2. The van der Waals surface area contributed by atoms with Gasteiger partial charge in [0.15, 0.2) is 0 Å². The summed E-state index contributed by atoms with van der Waals surface area (Å²) in [5.41, 5.74) is 4.33. The van der Waals surface area contributed by atoms with Crippen LogP contribution in [-0.4, -0.2) is 32.2 Å². The Labute approximate surface area is 209 Å². The van der Waals surface area contributed by atoms with E-state index in [2.05, 4.69) is 5.32 Å². The van der Waals surface area contributed by atoms with Crippen molar-refractivity contribution in [1.82, 2.24) is 14.7 Å². The van der Waals surface area contributed by atoms with Gasteiger partial charge in [-0.25, -0.2) is 14.6 Å². The normalized spacial score (nSPS) is 14.8. The number of amides is 1. The molecule has 1 fully saturated rings. The minimum atomic E-state index is -0.987. The summed E-state index contributed by atoms with van der Waals surface area (Å²) >= 11 is 0. The Morgan fingerprint density at radius 2 is 1.67 bits per heavy atom. The maximum Gasteiger partial charge on any atom is 0.408 e. The summed E-state index contributed by atoms with van der Waals surface area (Å²) in [4.78, 5) is 29.0. The Hall–Kier alpha value is -4.13. The van der Waals surface area contributed by atoms with Gasteiger partial charge in [-0.1, -0.05) is 54.6 Å². The van der Waals surface area contributed by atoms with Crippen LogP contribution in [0.3, 0.4) is 0 Å². The fourth-order valence-corrected chi connectivity index (χ4v) is 4.71. The number of benzene rings is 2. The van der Waals surface area contributed by atoms with Crippen LogP contribution in [0.4, 0.5) is 4.79 Å². The predicted octanol–water partition coefficient (Wildman–Crippen LogP) is 6.27. The number of ether oxygens (including phenoxy) is 1. The number of fused-ring (bicyclic) bond motifs is 1. The number of aromatic nitrogens is 2. The Kier molecular flexibility index (Phi) is 5.79. The van der Waals surface area contributed by atoms with Crippen LogP contribution in [0.25, 0.3) is 28.2 Å². The van der Waals surface area contributed by atoms with Crippen LogP contribution in [0.5, 0.6) is 0 Å². The summed E-state index contributed by atoms with van der Waals surface area (Å²) in [7, 11) is 0. The van der Waals surface area contributed by atoms with Crippen molar-refractivity contribution in [2.45, 2.75) is 51.2 Å². The number of nitrogens with zero attached hydrogens (tertiary/aromatic N) is 2. The molecule has 5 rings (SSSR count). The average Bonchev–Trinajstić information content (AvgIpc) is 3.20. The van der Waals surface area contributed by atoms with E-state index in [1.165, 1.54) is 0 Å². The van der Waals surface area contributed by atoms with E-state index in [9.17, 15) is 14.7 Å². The van der Waals surface area contributed by atoms with E-state index >= 15 is 0 Å². The van der Waals surface area contributed by atoms with Crippen molar-refractivity contribution in [1.29, 1.82) is 0 Å². The maximum atomic E-state index is 12.5. The predicted molar refractivity (Wildman–Crippen MR) is 138 cm³/mol. The molecule has 0 atom stereocenters. The van der Waals surface area contributed by atoms with Gasteiger partial charge in [-0.2, -0.15) is 0 Å². The molecule has 1 saturated carbocycles. The van der Waals surface area contributed by atoms with Crippen molar-refractivity contribution < 1.29 is 19.4 Å². The number of hydrogen-bond acceptors (Lipinski definition) is 4. The molecule has 0 spiro atoms. The third kappa shape index (κ3) is 4.44. The van der Waals surface area contributed by atoms with Gasteiger partial charge < -0.3 is 15.2 Å². The molecule has 0 saturated heterocycles. The molecule has 2 N–H and O–H groups in total. The zero-order valence-corrected chi connectivity index (χ0v) is 20.6. The van der Waals surface area contributed by atoms with Gasteiger partial charge in [0.25, 0.3) is 0 Å². The third-order valence-electron chi connectivity index (χ3n) is 6.57. The first kappa shape index (κ1) is 23.6. The van der Waals surface area contributed by atoms with Crippen molar-refractivity contribution >= 4 is 17.7 Å². The number of carbonyl (C=O) groups excluding carboxylic acids is 1. The van der Waals surface area contributed by atoms with Gasteiger partial charge in [0.1, 0.15) is 11.2 Å². The number of nitrogens with one attached hydrogen (secondary N) is 1. The number of carboxylic acid groups (broad SMARTS) is 1. The number of aromatic carboxylic acids is 1. The molecule has 1 amide bonds. The lowest BCUT2D eigenvalue weighted by Crippen LogP contribution is -2.52. The Morgan fingerprint density at radius 3 is 2.25 bits per heavy atom. The summed E-state index contributed by atoms with van der Waals surface area (Å²) in [6.45, 7) is 5.56. The fraction of sp³-hybridized carbons (Fsp3) is 0.276. The molecule has 7 nitrogen and oxygen atoms in total. The molecular formula is C29H29N3O4. The van der Waals surface area contributed by atoms with E-state index in [0.717, 1.165) is 47.3 Å². The maximum absolute atomic E-state index is 12.5. The second-order valence-electron chi connectivity index (χ2n) is 10.3. The molecule has 0 aliphatic heterocycles. The lowest BCUT2D eigenvalue weighted by molar-refractivity contribution is 0.0377. The van der Waals surface area contributed by atoms with Crippen molar-refractivity contribution in [3.8, 4) is 22.5 Å². The minimum absolute atomic E-state index is 0.194. The Balaban J connectivity index is 1.54. The van der Waals surface area contributed by atoms with Gasteiger partial charge in [0, 0.05) is 17.3 Å². The number of alkyl carbamates (subject to hydrolysis) is 1. The summed E-state index contributed by atoms with van der Waals surface area (Å²) in [5.74, 6) is -0.987. The number of carboxylic acids is 1. The summed E-state index contributed by atoms with van der Waals surface area (Å²) in [5, 5.41) is 12.6. The molecule has 184 valence electrons. The first-order valence-electron chi connectivity index (χ1n) is 12.1. The Bertz CT molecular complexity index is 1430. The van der Waals surface area contributed by atoms with Gasteiger partial charge in [-0.05, 0) is 57.7 Å². The van der Waals surface area contributed by atoms with Crippen LogP contribution in [-0.2, 0) is 10.3 Å². The van der Waals surface area contributed by atoms with Crippen molar-refractivity contribution in [2.24, 2.45) is 0 Å². The molecule has 0 bridgehead atoms. The molecule has 36 heavy (non-hydrogen) atoms. The molecule has 1 aliphatic carbocycles. The number of carbonyl (C=O) groups is 2. The molecule has 4 aromatic rings. The third-order valence-corrected chi connectivity index (χ3v) is 6.57. The lowest BCUT2D eigenvalue weighted by atomic mass is 9.71. The second kappa shape index (κ2) is 8.82. The summed E-state index contributed by atoms with van der Waals surface area (Å²) in [6, 6.07) is 21.2. The largest absolute Gasteiger partial charge is 0.478 e. The molecule has 1 aliphatic rings. The van der Waals surface area contributed by atoms with E-state index in [4.69, 9.17) is 9.72 Å². The molecular weight excluding hydrogens is 454 g/mol. The molecule has 7 heteroatoms. The second-order valence-corrected chi connectivity index (χ2v) is 10.3. The van der Waals surface area contributed by atoms with Crippen LogP contribution in [0.2, 0.25) is 0 Å². The van der Waals surface area contributed by atoms with Crippen molar-refractivity contribution in [2.75, 3.05) is 0 Å². The summed E-state index contributed by atoms with van der Waals surface area (Å²) in [6.07, 6.45) is 3.94. The van der Waals surface area contributed by atoms with Crippen molar-refractivity contribution in [3.05, 3.63) is 84.1 Å². The van der Waals surface area contributed by atoms with Gasteiger partial charge in [0.05, 0.1) is 22.5 Å². The molecule has 2 heterocycles. The van der Waals surface area contributed by atoms with E-state index < -0.39 is 23.2 Å². The Morgan fingerprint density at radius 1 is 0.972 bits per heavy atom. The number of hydrogen-bond donors (Lipinski definition) is 2. The zero-order valence-electron chi connectivity index (χ0n) is 20.6.